The van der Waals surface area contributed by atoms with Crippen LogP contribution in [0.4, 0.5) is 0 Å². The van der Waals surface area contributed by atoms with E-state index in [-0.39, 0.29) is 18.4 Å². The molecule has 0 aliphatic carbocycles. The van der Waals surface area contributed by atoms with Gasteiger partial charge in [-0.25, -0.2) is 0 Å². The Morgan fingerprint density at radius 2 is 1.96 bits per heavy atom. The number of aromatic nitrogens is 2. The second-order valence-electron chi connectivity index (χ2n) is 6.10. The number of amides is 1. The normalized spacial score (nSPS) is 12.3. The first-order chi connectivity index (χ1) is 13.0. The number of carbonyl (C=O) groups excluding carboxylic acids is 1. The Morgan fingerprint density at radius 1 is 1.22 bits per heavy atom. The minimum atomic E-state index is -0.461. The molecule has 142 valence electrons. The number of nitrogens with zero attached hydrogens (tertiary/aromatic N) is 3. The zero-order valence-corrected chi connectivity index (χ0v) is 16.3. The second-order valence-corrected chi connectivity index (χ2v) is 6.91. The summed E-state index contributed by atoms with van der Waals surface area (Å²) in [7, 11) is 3.80. The molecule has 1 aromatic carbocycles. The Kier molecular flexibility index (Phi) is 6.15. The molecule has 7 nitrogen and oxygen atoms in total. The second kappa shape index (κ2) is 8.56. The van der Waals surface area contributed by atoms with Gasteiger partial charge in [-0.1, -0.05) is 34.4 Å². The minimum Gasteiger partial charge on any atom is -0.468 e. The lowest BCUT2D eigenvalue weighted by molar-refractivity contribution is 0.0895. The lowest BCUT2D eigenvalue weighted by atomic mass is 10.1. The third kappa shape index (κ3) is 4.68. The van der Waals surface area contributed by atoms with Crippen LogP contribution in [-0.2, 0) is 6.42 Å². The van der Waals surface area contributed by atoms with Gasteiger partial charge in [0.25, 0.3) is 0 Å². The number of carbonyl (C=O) groups is 1. The third-order valence-electron chi connectivity index (χ3n) is 4.01. The fourth-order valence-corrected chi connectivity index (χ4v) is 3.09. The maximum Gasteiger partial charge on any atom is 0.315 e. The van der Waals surface area contributed by atoms with Gasteiger partial charge in [-0.2, -0.15) is 4.98 Å². The molecule has 0 spiro atoms. The molecule has 1 atom stereocenters. The summed E-state index contributed by atoms with van der Waals surface area (Å²) in [5.74, 6) is 0.493. The summed E-state index contributed by atoms with van der Waals surface area (Å²) in [4.78, 5) is 18.4. The summed E-state index contributed by atoms with van der Waals surface area (Å²) in [5.41, 5.74) is 0.680. The summed E-state index contributed by atoms with van der Waals surface area (Å²) >= 11 is 12.3. The molecule has 2 heterocycles. The van der Waals surface area contributed by atoms with Gasteiger partial charge in [0.05, 0.1) is 12.3 Å². The number of nitrogens with one attached hydrogen (secondary N) is 1. The van der Waals surface area contributed by atoms with Crippen LogP contribution in [0, 0.1) is 0 Å². The lowest BCUT2D eigenvalue weighted by Crippen LogP contribution is -2.34. The quantitative estimate of drug-likeness (QED) is 0.642. The SMILES string of the molecule is CN(C)C(CNC(=O)c1nc(Cc2c(Cl)cccc2Cl)no1)c1ccco1. The van der Waals surface area contributed by atoms with Crippen molar-refractivity contribution in [3.63, 3.8) is 0 Å². The van der Waals surface area contributed by atoms with E-state index in [1.54, 1.807) is 30.5 Å². The van der Waals surface area contributed by atoms with Crippen molar-refractivity contribution in [3.8, 4) is 0 Å². The minimum absolute atomic E-state index is 0.117. The van der Waals surface area contributed by atoms with Crippen LogP contribution < -0.4 is 5.32 Å². The summed E-state index contributed by atoms with van der Waals surface area (Å²) in [6.45, 7) is 0.327. The summed E-state index contributed by atoms with van der Waals surface area (Å²) in [6.07, 6.45) is 1.86. The Morgan fingerprint density at radius 3 is 2.59 bits per heavy atom. The highest BCUT2D eigenvalue weighted by atomic mass is 35.5. The van der Waals surface area contributed by atoms with E-state index >= 15 is 0 Å². The molecular weight excluding hydrogens is 391 g/mol. The van der Waals surface area contributed by atoms with E-state index in [1.807, 2.05) is 25.1 Å². The molecular formula is C18H18Cl2N4O3. The van der Waals surface area contributed by atoms with E-state index in [2.05, 4.69) is 15.5 Å². The van der Waals surface area contributed by atoms with Crippen molar-refractivity contribution in [2.45, 2.75) is 12.5 Å². The molecule has 0 aliphatic rings. The molecule has 9 heteroatoms. The molecule has 1 unspecified atom stereocenters. The molecule has 0 radical (unpaired) electrons. The van der Waals surface area contributed by atoms with E-state index in [0.717, 1.165) is 5.76 Å². The zero-order chi connectivity index (χ0) is 19.4. The first-order valence-corrected chi connectivity index (χ1v) is 8.94. The predicted octanol–water partition coefficient (Wildman–Crippen LogP) is 3.59. The van der Waals surface area contributed by atoms with Crippen molar-refractivity contribution >= 4 is 29.1 Å². The Bertz CT molecular complexity index is 889. The summed E-state index contributed by atoms with van der Waals surface area (Å²) in [5, 5.41) is 7.62. The lowest BCUT2D eigenvalue weighted by Gasteiger charge is -2.22. The molecule has 0 saturated carbocycles. The first-order valence-electron chi connectivity index (χ1n) is 8.19. The van der Waals surface area contributed by atoms with Crippen LogP contribution in [0.1, 0.15) is 33.9 Å². The van der Waals surface area contributed by atoms with Gasteiger partial charge in [-0.15, -0.1) is 0 Å². The molecule has 0 aliphatic heterocycles. The number of hydrogen-bond acceptors (Lipinski definition) is 6. The largest absolute Gasteiger partial charge is 0.468 e. The van der Waals surface area contributed by atoms with Gasteiger partial charge in [0.15, 0.2) is 5.82 Å². The van der Waals surface area contributed by atoms with Crippen molar-refractivity contribution in [1.82, 2.24) is 20.4 Å². The maximum atomic E-state index is 12.3. The fourth-order valence-electron chi connectivity index (χ4n) is 2.56. The molecule has 3 aromatic rings. The van der Waals surface area contributed by atoms with Crippen molar-refractivity contribution in [2.75, 3.05) is 20.6 Å². The van der Waals surface area contributed by atoms with Gasteiger partial charge in [-0.05, 0) is 43.9 Å². The molecule has 1 N–H and O–H groups in total. The van der Waals surface area contributed by atoms with E-state index in [0.29, 0.717) is 28.0 Å². The molecule has 27 heavy (non-hydrogen) atoms. The summed E-state index contributed by atoms with van der Waals surface area (Å²) in [6, 6.07) is 8.75. The van der Waals surface area contributed by atoms with Crippen molar-refractivity contribution in [1.29, 1.82) is 0 Å². The van der Waals surface area contributed by atoms with E-state index in [4.69, 9.17) is 32.1 Å². The topological polar surface area (TPSA) is 84.4 Å². The zero-order valence-electron chi connectivity index (χ0n) is 14.8. The van der Waals surface area contributed by atoms with Gasteiger partial charge < -0.3 is 14.3 Å². The van der Waals surface area contributed by atoms with Gasteiger partial charge in [0.2, 0.25) is 0 Å². The fraction of sp³-hybridized carbons (Fsp3) is 0.278. The average Bonchev–Trinajstić information content (AvgIpc) is 3.30. The van der Waals surface area contributed by atoms with Crippen LogP contribution in [0.3, 0.4) is 0 Å². The molecule has 0 fully saturated rings. The smallest absolute Gasteiger partial charge is 0.315 e. The number of hydrogen-bond donors (Lipinski definition) is 1. The maximum absolute atomic E-state index is 12.3. The molecule has 3 rings (SSSR count). The van der Waals surface area contributed by atoms with Gasteiger partial charge in [0.1, 0.15) is 5.76 Å². The highest BCUT2D eigenvalue weighted by Crippen LogP contribution is 2.26. The Labute approximate surface area is 166 Å². The number of furan rings is 1. The van der Waals surface area contributed by atoms with Crippen molar-refractivity contribution in [2.24, 2.45) is 0 Å². The Hall–Kier alpha value is -2.35. The van der Waals surface area contributed by atoms with Gasteiger partial charge in [-0.3, -0.25) is 9.69 Å². The van der Waals surface area contributed by atoms with Crippen LogP contribution in [-0.4, -0.2) is 41.6 Å². The number of benzene rings is 1. The third-order valence-corrected chi connectivity index (χ3v) is 4.72. The average molecular weight is 409 g/mol. The number of likely N-dealkylation sites (N-methyl/N-ethyl adjacent to an activating group) is 1. The van der Waals surface area contributed by atoms with E-state index in [9.17, 15) is 4.79 Å². The highest BCUT2D eigenvalue weighted by molar-refractivity contribution is 6.36. The Balaban J connectivity index is 1.65. The number of halogens is 2. The van der Waals surface area contributed by atoms with Crippen LogP contribution >= 0.6 is 23.2 Å². The van der Waals surface area contributed by atoms with Crippen LogP contribution in [0.2, 0.25) is 10.0 Å². The van der Waals surface area contributed by atoms with Crippen LogP contribution in [0.5, 0.6) is 0 Å². The predicted molar refractivity (Wildman–Crippen MR) is 101 cm³/mol. The molecule has 2 aromatic heterocycles. The first kappa shape index (κ1) is 19.4. The summed E-state index contributed by atoms with van der Waals surface area (Å²) < 4.78 is 10.5. The molecule has 1 amide bonds. The van der Waals surface area contributed by atoms with Crippen molar-refractivity contribution in [3.05, 3.63) is 69.7 Å². The van der Waals surface area contributed by atoms with E-state index < -0.39 is 5.91 Å². The molecule has 0 bridgehead atoms. The van der Waals surface area contributed by atoms with Crippen LogP contribution in [0.15, 0.2) is 45.5 Å². The van der Waals surface area contributed by atoms with E-state index in [1.165, 1.54) is 0 Å². The van der Waals surface area contributed by atoms with Crippen molar-refractivity contribution < 1.29 is 13.7 Å². The molecule has 0 saturated heterocycles. The number of rotatable bonds is 7. The standard InChI is InChI=1S/C18H18Cl2N4O3/c1-24(2)14(15-7-4-8-26-15)10-21-17(25)18-22-16(23-27-18)9-11-12(19)5-3-6-13(11)20/h3-8,14H,9-10H2,1-2H3,(H,21,25). The van der Waals surface area contributed by atoms with Gasteiger partial charge in [0, 0.05) is 23.0 Å². The van der Waals surface area contributed by atoms with Crippen LogP contribution in [0.25, 0.3) is 0 Å². The monoisotopic (exact) mass is 408 g/mol. The highest BCUT2D eigenvalue weighted by Gasteiger charge is 2.21. The van der Waals surface area contributed by atoms with Gasteiger partial charge >= 0.3 is 11.8 Å².